The molecule has 2 aromatic rings. The molecule has 0 heterocycles. The van der Waals surface area contributed by atoms with Crippen LogP contribution in [0.15, 0.2) is 45.6 Å². The van der Waals surface area contributed by atoms with Crippen LogP contribution in [0, 0.1) is 24.0 Å². The summed E-state index contributed by atoms with van der Waals surface area (Å²) >= 11 is 0. The third kappa shape index (κ3) is 6.01. The van der Waals surface area contributed by atoms with Crippen molar-refractivity contribution in [3.63, 3.8) is 0 Å². The summed E-state index contributed by atoms with van der Waals surface area (Å²) in [6.45, 7) is 18.9. The number of fused-ring (bicyclic) bond motifs is 6. The minimum absolute atomic E-state index is 0. The van der Waals surface area contributed by atoms with Crippen LogP contribution >= 0.6 is 0 Å². The van der Waals surface area contributed by atoms with E-state index in [4.69, 9.17) is 0 Å². The summed E-state index contributed by atoms with van der Waals surface area (Å²) in [5.74, 6) is 0.857. The standard InChI is InChI=1S/C40H52.CH4.Pt/c1-9-33-25-17-26(34(33)10-2)22-28-19-30(38(14-6)36(28)12-4)24-32-20-31(39(15-7)40(32)16-8)23-29-18-27(21-25)35(11-3)37(29)13-5;;/h17,20,27,30H,9-16,21-24H2,1-8H3;1H4;/q-4;;+4. The first-order valence-corrected chi connectivity index (χ1v) is 16.7. The van der Waals surface area contributed by atoms with E-state index in [-0.39, 0.29) is 28.5 Å². The largest absolute Gasteiger partial charge is 4.00 e. The molecule has 0 amide bonds. The van der Waals surface area contributed by atoms with Gasteiger partial charge in [0.2, 0.25) is 0 Å². The number of hydrogen-bond donors (Lipinski definition) is 0. The molecule has 0 fully saturated rings. The van der Waals surface area contributed by atoms with Gasteiger partial charge in [0.15, 0.2) is 0 Å². The molecule has 0 saturated carbocycles. The maximum absolute atomic E-state index is 4.13. The summed E-state index contributed by atoms with van der Waals surface area (Å²) in [6.07, 6.45) is 21.6. The zero-order chi connectivity index (χ0) is 28.6. The van der Waals surface area contributed by atoms with Gasteiger partial charge in [-0.2, -0.15) is 78.9 Å². The Morgan fingerprint density at radius 2 is 0.833 bits per heavy atom. The van der Waals surface area contributed by atoms with Crippen molar-refractivity contribution in [1.82, 2.24) is 0 Å². The van der Waals surface area contributed by atoms with Gasteiger partial charge in [-0.25, -0.2) is 11.1 Å². The fourth-order valence-electron chi connectivity index (χ4n) is 8.85. The monoisotopic (exact) mass is 743 g/mol. The van der Waals surface area contributed by atoms with E-state index < -0.39 is 0 Å². The van der Waals surface area contributed by atoms with E-state index in [1.807, 2.05) is 0 Å². The second-order valence-corrected chi connectivity index (χ2v) is 12.3. The molecule has 0 nitrogen and oxygen atoms in total. The molecule has 0 aliphatic heterocycles. The molecule has 2 aromatic carbocycles. The minimum Gasteiger partial charge on any atom is -0.265 e. The van der Waals surface area contributed by atoms with Gasteiger partial charge < -0.3 is 0 Å². The van der Waals surface area contributed by atoms with Gasteiger partial charge >= 0.3 is 21.1 Å². The van der Waals surface area contributed by atoms with Crippen molar-refractivity contribution >= 4 is 0 Å². The van der Waals surface area contributed by atoms with Crippen molar-refractivity contribution in [2.75, 3.05) is 0 Å². The van der Waals surface area contributed by atoms with Gasteiger partial charge in [-0.05, 0) is 0 Å². The van der Waals surface area contributed by atoms with Gasteiger partial charge in [0.05, 0.1) is 0 Å². The van der Waals surface area contributed by atoms with Crippen molar-refractivity contribution in [1.29, 1.82) is 0 Å². The third-order valence-corrected chi connectivity index (χ3v) is 10.5. The Balaban J connectivity index is 0.00000242. The zero-order valence-corrected chi connectivity index (χ0v) is 29.4. The second kappa shape index (κ2) is 14.9. The smallest absolute Gasteiger partial charge is 0.265 e. The SMILES string of the molecule is C.CCC1=C(CC)C2[C-]=C1Cc1[cH-]c(c(CC)c1CC)CC1[C-]=C(Cc3[cH-]c(c(CC)c3CC)C2)C(CC)=C1CC.[Pt+4]. The molecular weight excluding hydrogens is 688 g/mol. The molecule has 230 valence electrons. The van der Waals surface area contributed by atoms with Crippen molar-refractivity contribution in [2.24, 2.45) is 11.8 Å². The molecule has 3 aliphatic carbocycles. The molecule has 3 aliphatic rings. The fourth-order valence-corrected chi connectivity index (χ4v) is 8.85. The first-order chi connectivity index (χ1) is 19.5. The van der Waals surface area contributed by atoms with Gasteiger partial charge in [0.25, 0.3) is 0 Å². The quantitative estimate of drug-likeness (QED) is 0.236. The Bertz CT molecular complexity index is 1270. The minimum atomic E-state index is 0. The predicted octanol–water partition coefficient (Wildman–Crippen LogP) is 10.8. The Labute approximate surface area is 273 Å². The van der Waals surface area contributed by atoms with E-state index in [0.29, 0.717) is 11.8 Å². The summed E-state index contributed by atoms with van der Waals surface area (Å²) in [7, 11) is 0. The molecule has 2 unspecified atom stereocenters. The van der Waals surface area contributed by atoms with E-state index in [1.165, 1.54) is 11.1 Å². The maximum atomic E-state index is 4.13. The predicted molar refractivity (Wildman–Crippen MR) is 179 cm³/mol. The summed E-state index contributed by atoms with van der Waals surface area (Å²) in [5, 5.41) is 0. The topological polar surface area (TPSA) is 0 Å². The van der Waals surface area contributed by atoms with Crippen LogP contribution in [0.25, 0.3) is 0 Å². The fraction of sp³-hybridized carbons (Fsp3) is 0.561. The average molecular weight is 744 g/mol. The Morgan fingerprint density at radius 3 is 1.12 bits per heavy atom. The molecular formula is C41H56Pt. The maximum Gasteiger partial charge on any atom is 4.00 e. The number of hydrogen-bond acceptors (Lipinski definition) is 0. The molecule has 0 spiro atoms. The van der Waals surface area contributed by atoms with Crippen LogP contribution in [-0.2, 0) is 72.4 Å². The first-order valence-electron chi connectivity index (χ1n) is 16.7. The number of rotatable bonds is 8. The average Bonchev–Trinajstić information content (AvgIpc) is 3.67. The molecule has 0 saturated heterocycles. The second-order valence-electron chi connectivity index (χ2n) is 12.3. The van der Waals surface area contributed by atoms with Crippen molar-refractivity contribution < 1.29 is 21.1 Å². The summed E-state index contributed by atoms with van der Waals surface area (Å²) < 4.78 is 0. The molecule has 8 bridgehead atoms. The Kier molecular flexibility index (Phi) is 12.3. The van der Waals surface area contributed by atoms with Crippen molar-refractivity contribution in [2.45, 2.75) is 140 Å². The van der Waals surface area contributed by atoms with Crippen LogP contribution in [0.3, 0.4) is 0 Å². The molecule has 0 radical (unpaired) electrons. The Hall–Kier alpha value is -1.65. The third-order valence-electron chi connectivity index (χ3n) is 10.5. The van der Waals surface area contributed by atoms with Crippen molar-refractivity contribution in [3.05, 3.63) is 102 Å². The summed E-state index contributed by atoms with van der Waals surface area (Å²) in [6, 6.07) is 5.21. The van der Waals surface area contributed by atoms with Crippen molar-refractivity contribution in [3.8, 4) is 0 Å². The normalized spacial score (nSPS) is 20.0. The van der Waals surface area contributed by atoms with E-state index in [0.717, 1.165) is 77.0 Å². The van der Waals surface area contributed by atoms with Crippen LogP contribution in [0.1, 0.15) is 133 Å². The summed E-state index contributed by atoms with van der Waals surface area (Å²) in [4.78, 5) is 0. The van der Waals surface area contributed by atoms with E-state index in [1.54, 1.807) is 66.8 Å². The van der Waals surface area contributed by atoms with Gasteiger partial charge in [0, 0.05) is 0 Å². The molecule has 0 aromatic heterocycles. The molecule has 42 heavy (non-hydrogen) atoms. The van der Waals surface area contributed by atoms with Crippen LogP contribution in [0.4, 0.5) is 0 Å². The molecule has 5 rings (SSSR count). The molecule has 1 heteroatoms. The van der Waals surface area contributed by atoms with E-state index in [9.17, 15) is 0 Å². The van der Waals surface area contributed by atoms with Crippen LogP contribution in [-0.4, -0.2) is 0 Å². The van der Waals surface area contributed by atoms with Gasteiger partial charge in [-0.15, -0.1) is 0 Å². The van der Waals surface area contributed by atoms with E-state index >= 15 is 0 Å². The van der Waals surface area contributed by atoms with Crippen LogP contribution < -0.4 is 0 Å². The summed E-state index contributed by atoms with van der Waals surface area (Å²) in [5.41, 5.74) is 22.4. The Morgan fingerprint density at radius 1 is 0.500 bits per heavy atom. The van der Waals surface area contributed by atoms with Gasteiger partial charge in [0.1, 0.15) is 0 Å². The van der Waals surface area contributed by atoms with Gasteiger partial charge in [-0.1, -0.05) is 152 Å². The molecule has 0 N–H and O–H groups in total. The van der Waals surface area contributed by atoms with Gasteiger partial charge in [-0.3, -0.25) is 12.2 Å². The van der Waals surface area contributed by atoms with Crippen LogP contribution in [0.2, 0.25) is 0 Å². The van der Waals surface area contributed by atoms with Crippen LogP contribution in [0.5, 0.6) is 0 Å². The zero-order valence-electron chi connectivity index (χ0n) is 27.1. The number of allylic oxidation sites excluding steroid dienone is 8. The molecule has 2 atom stereocenters. The first kappa shape index (κ1) is 34.8. The van der Waals surface area contributed by atoms with E-state index in [2.05, 4.69) is 79.7 Å².